The summed E-state index contributed by atoms with van der Waals surface area (Å²) in [5.74, 6) is 0.132. The van der Waals surface area contributed by atoms with E-state index in [2.05, 4.69) is 20.5 Å². The summed E-state index contributed by atoms with van der Waals surface area (Å²) in [6.45, 7) is 0.439. The molecule has 0 saturated heterocycles. The fourth-order valence-electron chi connectivity index (χ4n) is 2.61. The first-order chi connectivity index (χ1) is 13.7. The van der Waals surface area contributed by atoms with Crippen LogP contribution >= 0.6 is 11.3 Å². The van der Waals surface area contributed by atoms with E-state index in [0.717, 1.165) is 15.1 Å². The van der Waals surface area contributed by atoms with Crippen molar-refractivity contribution in [2.75, 3.05) is 0 Å². The zero-order chi connectivity index (χ0) is 19.3. The van der Waals surface area contributed by atoms with E-state index in [4.69, 9.17) is 4.42 Å². The molecule has 0 fully saturated rings. The Hall–Kier alpha value is -3.53. The number of rotatable bonds is 7. The molecule has 9 nitrogen and oxygen atoms in total. The number of nitrogens with zero attached hydrogens (tertiary/aromatic N) is 5. The van der Waals surface area contributed by atoms with Gasteiger partial charge in [0, 0.05) is 37.1 Å². The smallest absolute Gasteiger partial charge is 0.387 e. The topological polar surface area (TPSA) is 108 Å². The number of aryl methyl sites for hydroxylation is 1. The van der Waals surface area contributed by atoms with Crippen LogP contribution in [0.15, 0.2) is 63.5 Å². The van der Waals surface area contributed by atoms with Crippen LogP contribution in [-0.4, -0.2) is 30.5 Å². The third-order valence-electron chi connectivity index (χ3n) is 3.95. The number of pyridine rings is 1. The molecule has 10 heteroatoms. The lowest BCUT2D eigenvalue weighted by Crippen LogP contribution is -2.26. The summed E-state index contributed by atoms with van der Waals surface area (Å²) < 4.78 is 7.94. The van der Waals surface area contributed by atoms with Crippen molar-refractivity contribution >= 4 is 17.2 Å². The highest BCUT2D eigenvalue weighted by atomic mass is 32.1. The monoisotopic (exact) mass is 396 g/mol. The van der Waals surface area contributed by atoms with E-state index in [-0.39, 0.29) is 24.8 Å². The predicted molar refractivity (Wildman–Crippen MR) is 102 cm³/mol. The molecule has 0 aromatic carbocycles. The lowest BCUT2D eigenvalue weighted by Gasteiger charge is -2.09. The molecule has 28 heavy (non-hydrogen) atoms. The van der Waals surface area contributed by atoms with Gasteiger partial charge in [-0.3, -0.25) is 4.79 Å². The first-order valence-corrected chi connectivity index (χ1v) is 9.41. The van der Waals surface area contributed by atoms with Crippen LogP contribution in [0.3, 0.4) is 0 Å². The zero-order valence-corrected chi connectivity index (χ0v) is 15.5. The molecule has 142 valence electrons. The van der Waals surface area contributed by atoms with Crippen molar-refractivity contribution in [1.82, 2.24) is 29.9 Å². The molecule has 4 aromatic rings. The predicted octanol–water partition coefficient (Wildman–Crippen LogP) is 1.85. The third-order valence-corrected chi connectivity index (χ3v) is 4.81. The molecule has 4 heterocycles. The van der Waals surface area contributed by atoms with Crippen LogP contribution in [-0.2, 0) is 17.9 Å². The van der Waals surface area contributed by atoms with Crippen molar-refractivity contribution in [3.63, 3.8) is 0 Å². The minimum atomic E-state index is -0.579. The van der Waals surface area contributed by atoms with Crippen LogP contribution in [0, 0.1) is 0 Å². The van der Waals surface area contributed by atoms with Gasteiger partial charge in [0.05, 0.1) is 11.4 Å². The van der Waals surface area contributed by atoms with E-state index in [9.17, 15) is 9.59 Å². The van der Waals surface area contributed by atoms with Crippen molar-refractivity contribution in [3.05, 3.63) is 70.4 Å². The van der Waals surface area contributed by atoms with Gasteiger partial charge in [-0.2, -0.15) is 9.78 Å². The summed E-state index contributed by atoms with van der Waals surface area (Å²) in [4.78, 5) is 29.2. The quantitative estimate of drug-likeness (QED) is 0.511. The molecule has 0 bridgehead atoms. The van der Waals surface area contributed by atoms with Gasteiger partial charge in [-0.05, 0) is 23.6 Å². The maximum absolute atomic E-state index is 12.2. The summed E-state index contributed by atoms with van der Waals surface area (Å²) in [6.07, 6.45) is 5.23. The second-order valence-corrected chi connectivity index (χ2v) is 6.78. The Balaban J connectivity index is 1.36. The molecule has 0 aliphatic rings. The molecule has 0 atom stereocenters. The van der Waals surface area contributed by atoms with E-state index in [1.54, 1.807) is 35.4 Å². The minimum Gasteiger partial charge on any atom is -0.387 e. The number of thiophene rings is 1. The van der Waals surface area contributed by atoms with Crippen LogP contribution < -0.4 is 11.1 Å². The Bertz CT molecular complexity index is 1110. The van der Waals surface area contributed by atoms with Gasteiger partial charge in [-0.15, -0.1) is 16.4 Å². The highest BCUT2D eigenvalue weighted by Gasteiger charge is 2.13. The number of aromatic nitrogens is 5. The van der Waals surface area contributed by atoms with Crippen molar-refractivity contribution in [2.45, 2.75) is 19.5 Å². The van der Waals surface area contributed by atoms with E-state index < -0.39 is 5.76 Å². The Morgan fingerprint density at radius 2 is 2.14 bits per heavy atom. The normalized spacial score (nSPS) is 10.9. The molecule has 0 aliphatic carbocycles. The Morgan fingerprint density at radius 1 is 1.21 bits per heavy atom. The highest BCUT2D eigenvalue weighted by molar-refractivity contribution is 7.13. The fourth-order valence-corrected chi connectivity index (χ4v) is 3.25. The van der Waals surface area contributed by atoms with Gasteiger partial charge in [0.15, 0.2) is 5.82 Å². The van der Waals surface area contributed by atoms with E-state index in [1.165, 1.54) is 11.3 Å². The summed E-state index contributed by atoms with van der Waals surface area (Å²) in [6, 6.07) is 9.15. The molecular weight excluding hydrogens is 380 g/mol. The molecule has 1 N–H and O–H groups in total. The minimum absolute atomic E-state index is 0.105. The van der Waals surface area contributed by atoms with E-state index in [0.29, 0.717) is 12.4 Å². The lowest BCUT2D eigenvalue weighted by atomic mass is 10.2. The zero-order valence-electron chi connectivity index (χ0n) is 14.7. The standard InChI is InChI=1S/C18H16N6O3S/c25-15(6-10-24-18(26)27-17(22-24)14-5-2-11-28-14)20-12-13-4-1-7-19-16(13)23-9-3-8-21-23/h1-5,7-9,11H,6,10,12H2,(H,20,25). The highest BCUT2D eigenvalue weighted by Crippen LogP contribution is 2.21. The number of amides is 1. The summed E-state index contributed by atoms with van der Waals surface area (Å²) in [5, 5.41) is 13.0. The van der Waals surface area contributed by atoms with E-state index >= 15 is 0 Å². The number of hydrogen-bond donors (Lipinski definition) is 1. The van der Waals surface area contributed by atoms with Gasteiger partial charge in [-0.1, -0.05) is 12.1 Å². The van der Waals surface area contributed by atoms with Crippen molar-refractivity contribution < 1.29 is 9.21 Å². The Labute approximate surface area is 163 Å². The second-order valence-electron chi connectivity index (χ2n) is 5.84. The average molecular weight is 396 g/mol. The van der Waals surface area contributed by atoms with Crippen molar-refractivity contribution in [1.29, 1.82) is 0 Å². The van der Waals surface area contributed by atoms with Crippen molar-refractivity contribution in [2.24, 2.45) is 0 Å². The number of carbonyl (C=O) groups is 1. The molecule has 4 aromatic heterocycles. The van der Waals surface area contributed by atoms with Gasteiger partial charge in [0.1, 0.15) is 0 Å². The maximum atomic E-state index is 12.2. The molecule has 4 rings (SSSR count). The second kappa shape index (κ2) is 8.01. The number of hydrogen-bond acceptors (Lipinski definition) is 7. The van der Waals surface area contributed by atoms with Gasteiger partial charge >= 0.3 is 5.76 Å². The fraction of sp³-hybridized carbons (Fsp3) is 0.167. The number of carbonyl (C=O) groups excluding carboxylic acids is 1. The average Bonchev–Trinajstić information content (AvgIpc) is 3.46. The van der Waals surface area contributed by atoms with Gasteiger partial charge in [0.2, 0.25) is 5.91 Å². The van der Waals surface area contributed by atoms with Gasteiger partial charge in [-0.25, -0.2) is 14.5 Å². The van der Waals surface area contributed by atoms with Crippen molar-refractivity contribution in [3.8, 4) is 16.6 Å². The van der Waals surface area contributed by atoms with Gasteiger partial charge in [0.25, 0.3) is 5.89 Å². The molecule has 0 unspecified atom stereocenters. The molecule has 0 saturated carbocycles. The maximum Gasteiger partial charge on any atom is 0.437 e. The Kier molecular flexibility index (Phi) is 5.11. The van der Waals surface area contributed by atoms with E-state index in [1.807, 2.05) is 23.6 Å². The molecule has 1 amide bonds. The van der Waals surface area contributed by atoms with Crippen LogP contribution in [0.2, 0.25) is 0 Å². The van der Waals surface area contributed by atoms with Crippen LogP contribution in [0.25, 0.3) is 16.6 Å². The first kappa shape index (κ1) is 17.9. The lowest BCUT2D eigenvalue weighted by molar-refractivity contribution is -0.121. The summed E-state index contributed by atoms with van der Waals surface area (Å²) in [5.41, 5.74) is 0.832. The summed E-state index contributed by atoms with van der Waals surface area (Å²) >= 11 is 1.43. The Morgan fingerprint density at radius 3 is 2.93 bits per heavy atom. The van der Waals surface area contributed by atoms with Crippen LogP contribution in [0.5, 0.6) is 0 Å². The van der Waals surface area contributed by atoms with Gasteiger partial charge < -0.3 is 9.73 Å². The summed E-state index contributed by atoms with van der Waals surface area (Å²) in [7, 11) is 0. The molecule has 0 radical (unpaired) electrons. The molecule has 0 aliphatic heterocycles. The van der Waals surface area contributed by atoms with Crippen LogP contribution in [0.4, 0.5) is 0 Å². The molecule has 0 spiro atoms. The third kappa shape index (κ3) is 3.91. The first-order valence-electron chi connectivity index (χ1n) is 8.53. The molecular formula is C18H16N6O3S. The van der Waals surface area contributed by atoms with Crippen LogP contribution in [0.1, 0.15) is 12.0 Å². The number of nitrogens with one attached hydrogen (secondary N) is 1. The SMILES string of the molecule is O=C(CCn1nc(-c2cccs2)oc1=O)NCc1cccnc1-n1cccn1. The largest absolute Gasteiger partial charge is 0.437 e.